The molecule has 1 aromatic carbocycles. The third kappa shape index (κ3) is 6.28. The van der Waals surface area contributed by atoms with Gasteiger partial charge in [0.25, 0.3) is 5.91 Å². The van der Waals surface area contributed by atoms with Gasteiger partial charge >= 0.3 is 5.92 Å². The van der Waals surface area contributed by atoms with E-state index in [4.69, 9.17) is 14.5 Å². The fraction of sp³-hybridized carbons (Fsp3) is 0.645. The number of carbonyl (C=O) groups excluding carboxylic acids is 1. The predicted molar refractivity (Wildman–Crippen MR) is 161 cm³/mol. The smallest absolute Gasteiger partial charge is 0.342 e. The number of nitrogens with one attached hydrogen (secondary N) is 2. The Morgan fingerprint density at radius 3 is 2.53 bits per heavy atom. The zero-order valence-electron chi connectivity index (χ0n) is 25.5. The summed E-state index contributed by atoms with van der Waals surface area (Å²) < 4.78 is 41.7. The predicted octanol–water partition coefficient (Wildman–Crippen LogP) is 4.84. The molecule has 2 atom stereocenters. The number of rotatable bonds is 8. The first-order valence-electron chi connectivity index (χ1n) is 15.5. The third-order valence-electron chi connectivity index (χ3n) is 9.50. The van der Waals surface area contributed by atoms with Crippen LogP contribution in [-0.2, 0) is 9.53 Å². The molecule has 2 N–H and O–H groups in total. The van der Waals surface area contributed by atoms with Crippen LogP contribution < -0.4 is 25.2 Å². The normalized spacial score (nSPS) is 27.6. The van der Waals surface area contributed by atoms with Gasteiger partial charge in [-0.1, -0.05) is 25.3 Å². The van der Waals surface area contributed by atoms with Crippen LogP contribution in [0.25, 0.3) is 0 Å². The molecule has 2 aromatic rings. The summed E-state index contributed by atoms with van der Waals surface area (Å²) in [7, 11) is 7.26. The van der Waals surface area contributed by atoms with Crippen molar-refractivity contribution in [2.45, 2.75) is 94.2 Å². The van der Waals surface area contributed by atoms with Gasteiger partial charge in [-0.3, -0.25) is 10.1 Å². The molecule has 0 bridgehead atoms. The van der Waals surface area contributed by atoms with Crippen LogP contribution in [0.5, 0.6) is 5.75 Å². The van der Waals surface area contributed by atoms with E-state index in [9.17, 15) is 4.79 Å². The van der Waals surface area contributed by atoms with Gasteiger partial charge in [-0.25, -0.2) is 4.98 Å². The summed E-state index contributed by atoms with van der Waals surface area (Å²) in [5.41, 5.74) is 1.93. The first-order chi connectivity index (χ1) is 20.6. The van der Waals surface area contributed by atoms with Crippen molar-refractivity contribution in [1.29, 1.82) is 0 Å². The number of aromatic nitrogens is 2. The lowest BCUT2D eigenvalue weighted by Crippen LogP contribution is -2.49. The van der Waals surface area contributed by atoms with Crippen LogP contribution in [-0.4, -0.2) is 85.8 Å². The Labute approximate surface area is 252 Å². The van der Waals surface area contributed by atoms with Gasteiger partial charge in [0.2, 0.25) is 5.95 Å². The molecular weight excluding hydrogens is 556 g/mol. The highest BCUT2D eigenvalue weighted by Crippen LogP contribution is 2.42. The molecule has 1 amide bonds. The summed E-state index contributed by atoms with van der Waals surface area (Å²) in [6, 6.07) is 6.83. The van der Waals surface area contributed by atoms with Gasteiger partial charge in [-0.15, -0.1) is 0 Å². The molecule has 0 spiro atoms. The van der Waals surface area contributed by atoms with Gasteiger partial charge in [-0.05, 0) is 70.3 Å². The molecular formula is C31H43F2N7O3. The lowest BCUT2D eigenvalue weighted by molar-refractivity contribution is -0.140. The van der Waals surface area contributed by atoms with Crippen molar-refractivity contribution in [3.05, 3.63) is 30.0 Å². The van der Waals surface area contributed by atoms with Crippen LogP contribution in [0.2, 0.25) is 0 Å². The quantitative estimate of drug-likeness (QED) is 0.413. The lowest BCUT2D eigenvalue weighted by Gasteiger charge is -2.35. The minimum atomic E-state index is -3.53. The monoisotopic (exact) mass is 599 g/mol. The number of anilines is 4. The number of fused-ring (bicyclic) bond motifs is 1. The van der Waals surface area contributed by atoms with E-state index in [2.05, 4.69) is 34.6 Å². The van der Waals surface area contributed by atoms with Crippen molar-refractivity contribution in [2.24, 2.45) is 0 Å². The largest absolute Gasteiger partial charge is 0.495 e. The first-order valence-corrected chi connectivity index (χ1v) is 15.5. The van der Waals surface area contributed by atoms with E-state index >= 15 is 8.78 Å². The molecule has 2 saturated carbocycles. The van der Waals surface area contributed by atoms with Crippen LogP contribution in [0.3, 0.4) is 0 Å². The van der Waals surface area contributed by atoms with Crippen LogP contribution in [0.15, 0.2) is 24.4 Å². The Morgan fingerprint density at radius 2 is 1.84 bits per heavy atom. The molecule has 4 aliphatic rings. The van der Waals surface area contributed by atoms with Crippen LogP contribution in [0.4, 0.5) is 31.9 Å². The van der Waals surface area contributed by atoms with Gasteiger partial charge < -0.3 is 29.5 Å². The Morgan fingerprint density at radius 1 is 1.09 bits per heavy atom. The van der Waals surface area contributed by atoms with Crippen LogP contribution >= 0.6 is 0 Å². The Hall–Kier alpha value is -3.09. The summed E-state index contributed by atoms with van der Waals surface area (Å²) in [4.78, 5) is 26.6. The SMILES string of the molecule is COc1cc(C2OC2NC2CCC(N(C)C)CC2)ccc1Nc1ncc2c(n1)N(C1CCCCC1)CC(F)(F)C(=O)N2C. The minimum Gasteiger partial charge on any atom is -0.495 e. The molecule has 2 unspecified atom stereocenters. The second-order valence-electron chi connectivity index (χ2n) is 12.6. The molecule has 10 nitrogen and oxygen atoms in total. The van der Waals surface area contributed by atoms with Crippen molar-refractivity contribution in [2.75, 3.05) is 49.9 Å². The van der Waals surface area contributed by atoms with Gasteiger partial charge in [0.15, 0.2) is 5.82 Å². The number of nitrogens with zero attached hydrogens (tertiary/aromatic N) is 5. The molecule has 3 heterocycles. The number of alkyl halides is 2. The topological polar surface area (TPSA) is 98.4 Å². The van der Waals surface area contributed by atoms with Crippen molar-refractivity contribution in [1.82, 2.24) is 20.2 Å². The highest BCUT2D eigenvalue weighted by Gasteiger charge is 2.48. The average Bonchev–Trinajstić information content (AvgIpc) is 3.79. The van der Waals surface area contributed by atoms with Gasteiger partial charge in [0.1, 0.15) is 23.8 Å². The number of halogens is 2. The van der Waals surface area contributed by atoms with E-state index in [-0.39, 0.29) is 30.0 Å². The van der Waals surface area contributed by atoms with E-state index in [1.807, 2.05) is 18.2 Å². The number of methoxy groups -OCH3 is 1. The molecule has 1 aromatic heterocycles. The van der Waals surface area contributed by atoms with Crippen molar-refractivity contribution < 1.29 is 23.0 Å². The summed E-state index contributed by atoms with van der Waals surface area (Å²) in [6.07, 6.45) is 10.6. The molecule has 3 fully saturated rings. The number of amides is 1. The number of ether oxygens (including phenoxy) is 2. The summed E-state index contributed by atoms with van der Waals surface area (Å²) in [5.74, 6) is -3.59. The zero-order valence-corrected chi connectivity index (χ0v) is 25.5. The molecule has 234 valence electrons. The van der Waals surface area contributed by atoms with Gasteiger partial charge in [0.05, 0.1) is 25.5 Å². The third-order valence-corrected chi connectivity index (χ3v) is 9.50. The maximum Gasteiger partial charge on any atom is 0.342 e. The zero-order chi connectivity index (χ0) is 30.3. The second-order valence-corrected chi connectivity index (χ2v) is 12.6. The summed E-state index contributed by atoms with van der Waals surface area (Å²) in [6.45, 7) is -0.698. The highest BCUT2D eigenvalue weighted by molar-refractivity contribution is 6.02. The lowest BCUT2D eigenvalue weighted by atomic mass is 9.90. The summed E-state index contributed by atoms with van der Waals surface area (Å²) >= 11 is 0. The number of epoxide rings is 1. The van der Waals surface area contributed by atoms with Crippen molar-refractivity contribution >= 4 is 29.0 Å². The molecule has 0 radical (unpaired) electrons. The Balaban J connectivity index is 1.17. The van der Waals surface area contributed by atoms with E-state index < -0.39 is 18.4 Å². The molecule has 1 saturated heterocycles. The Kier molecular flexibility index (Phi) is 8.45. The van der Waals surface area contributed by atoms with Crippen molar-refractivity contribution in [3.8, 4) is 5.75 Å². The minimum absolute atomic E-state index is 0.0130. The van der Waals surface area contributed by atoms with Crippen molar-refractivity contribution in [3.63, 3.8) is 0 Å². The molecule has 12 heteroatoms. The number of carbonyl (C=O) groups is 1. The number of hydrogen-bond acceptors (Lipinski definition) is 9. The molecule has 43 heavy (non-hydrogen) atoms. The maximum absolute atomic E-state index is 15.0. The number of hydrogen-bond donors (Lipinski definition) is 2. The Bertz CT molecular complexity index is 1310. The van der Waals surface area contributed by atoms with Gasteiger partial charge in [-0.2, -0.15) is 13.8 Å². The van der Waals surface area contributed by atoms with E-state index in [0.717, 1.165) is 55.4 Å². The molecule has 6 rings (SSSR count). The van der Waals surface area contributed by atoms with Crippen LogP contribution in [0, 0.1) is 0 Å². The fourth-order valence-electron chi connectivity index (χ4n) is 6.87. The van der Waals surface area contributed by atoms with Gasteiger partial charge in [0, 0.05) is 25.2 Å². The molecule has 2 aliphatic heterocycles. The van der Waals surface area contributed by atoms with E-state index in [1.54, 1.807) is 12.0 Å². The second kappa shape index (κ2) is 12.1. The highest BCUT2D eigenvalue weighted by atomic mass is 19.3. The summed E-state index contributed by atoms with van der Waals surface area (Å²) in [5, 5.41) is 6.88. The standard InChI is InChI=1S/C31H43F2N7O3/c1-38(2)21-13-11-20(12-14-21)35-28-26(43-28)19-10-15-23(25(16-19)42-4)36-30-34-17-24-27(37-30)40(22-8-6-5-7-9-22)18-31(32,33)29(41)39(24)3/h10,15-17,20-22,26,28,35H,5-9,11-14,18H2,1-4H3,(H,34,36,37). The average molecular weight is 600 g/mol. The first kappa shape index (κ1) is 30.0. The fourth-order valence-corrected chi connectivity index (χ4v) is 6.87. The van der Waals surface area contributed by atoms with E-state index in [0.29, 0.717) is 29.3 Å². The maximum atomic E-state index is 15.0. The van der Waals surface area contributed by atoms with Crippen LogP contribution in [0.1, 0.15) is 69.5 Å². The van der Waals surface area contributed by atoms with E-state index in [1.165, 1.54) is 26.1 Å². The molecule has 2 aliphatic carbocycles. The number of benzene rings is 1.